The number of aliphatic hydroxyl groups excluding tert-OH is 1. The highest BCUT2D eigenvalue weighted by molar-refractivity contribution is 5.97. The fourth-order valence-electron chi connectivity index (χ4n) is 2.88. The lowest BCUT2D eigenvalue weighted by molar-refractivity contribution is 0.0953. The van der Waals surface area contributed by atoms with Crippen molar-refractivity contribution >= 4 is 23.8 Å². The quantitative estimate of drug-likeness (QED) is 0.650. The molecular weight excluding hydrogens is 344 g/mol. The van der Waals surface area contributed by atoms with Gasteiger partial charge in [0.25, 0.3) is 0 Å². The molecule has 1 N–H and O–H groups in total. The Morgan fingerprint density at radius 1 is 1.44 bits per heavy atom. The molecule has 3 heterocycles. The number of ether oxygens (including phenoxy) is 1. The number of nitrogens with zero attached hydrogens (tertiary/aromatic N) is 2. The normalized spacial score (nSPS) is 12.0. The summed E-state index contributed by atoms with van der Waals surface area (Å²) in [7, 11) is 0. The third-order valence-corrected chi connectivity index (χ3v) is 4.02. The van der Waals surface area contributed by atoms with Crippen LogP contribution in [0.4, 0.5) is 0 Å². The molecule has 0 saturated carbocycles. The summed E-state index contributed by atoms with van der Waals surface area (Å²) in [5, 5.41) is 9.60. The highest BCUT2D eigenvalue weighted by Crippen LogP contribution is 2.26. The van der Waals surface area contributed by atoms with E-state index in [1.165, 1.54) is 6.26 Å². The number of halogens is 1. The minimum Gasteiger partial charge on any atom is -0.490 e. The number of aryl methyl sites for hydroxylation is 1. The monoisotopic (exact) mass is 364 g/mol. The van der Waals surface area contributed by atoms with Crippen LogP contribution in [-0.2, 0) is 0 Å². The molecule has 0 amide bonds. The molecule has 0 aliphatic carbocycles. The second-order valence-electron chi connectivity index (χ2n) is 5.61. The zero-order chi connectivity index (χ0) is 17.1. The second-order valence-corrected chi connectivity index (χ2v) is 5.61. The minimum absolute atomic E-state index is 0. The molecule has 3 aromatic rings. The minimum atomic E-state index is -0.295. The van der Waals surface area contributed by atoms with Crippen LogP contribution in [0.2, 0.25) is 0 Å². The zero-order valence-electron chi connectivity index (χ0n) is 14.1. The summed E-state index contributed by atoms with van der Waals surface area (Å²) < 4.78 is 12.4. The van der Waals surface area contributed by atoms with Crippen LogP contribution in [0.15, 0.2) is 41.3 Å². The van der Waals surface area contributed by atoms with Crippen molar-refractivity contribution in [2.45, 2.75) is 26.2 Å². The third kappa shape index (κ3) is 3.70. The molecule has 7 heteroatoms. The van der Waals surface area contributed by atoms with E-state index in [-0.39, 0.29) is 37.1 Å². The van der Waals surface area contributed by atoms with Gasteiger partial charge in [-0.05, 0) is 37.6 Å². The topological polar surface area (TPSA) is 77.0 Å². The van der Waals surface area contributed by atoms with Gasteiger partial charge in [0, 0.05) is 18.5 Å². The predicted molar refractivity (Wildman–Crippen MR) is 95.8 cm³/mol. The summed E-state index contributed by atoms with van der Waals surface area (Å²) in [6, 6.07) is 5.43. The number of carbonyl (C=O) groups excluding carboxylic acids is 1. The average Bonchev–Trinajstić information content (AvgIpc) is 3.20. The zero-order valence-corrected chi connectivity index (χ0v) is 15.0. The Bertz CT molecular complexity index is 842. The average molecular weight is 365 g/mol. The summed E-state index contributed by atoms with van der Waals surface area (Å²) in [5.41, 5.74) is 2.61. The number of hydrogen-bond donors (Lipinski definition) is 1. The van der Waals surface area contributed by atoms with Gasteiger partial charge in [-0.3, -0.25) is 9.20 Å². The van der Waals surface area contributed by atoms with E-state index < -0.39 is 0 Å². The number of carbonyl (C=O) groups is 1. The molecule has 1 atom stereocenters. The number of aliphatic hydroxyl groups is 1. The Morgan fingerprint density at radius 2 is 2.24 bits per heavy atom. The Kier molecular flexibility index (Phi) is 6.22. The number of pyridine rings is 1. The number of rotatable bonds is 7. The lowest BCUT2D eigenvalue weighted by Crippen LogP contribution is -2.13. The highest BCUT2D eigenvalue weighted by Gasteiger charge is 2.23. The molecule has 0 bridgehead atoms. The van der Waals surface area contributed by atoms with Gasteiger partial charge in [-0.25, -0.2) is 4.98 Å². The van der Waals surface area contributed by atoms with Crippen LogP contribution >= 0.6 is 12.4 Å². The molecule has 0 spiro atoms. The van der Waals surface area contributed by atoms with Crippen LogP contribution in [0.1, 0.15) is 41.0 Å². The first-order valence-corrected chi connectivity index (χ1v) is 7.92. The van der Waals surface area contributed by atoms with Crippen LogP contribution in [0.25, 0.3) is 5.65 Å². The number of aromatic nitrogens is 2. The van der Waals surface area contributed by atoms with Gasteiger partial charge in [0.05, 0.1) is 31.4 Å². The fraction of sp³-hybridized carbons (Fsp3) is 0.333. The molecule has 3 rings (SSSR count). The second kappa shape index (κ2) is 8.18. The summed E-state index contributed by atoms with van der Waals surface area (Å²) >= 11 is 0. The molecule has 0 radical (unpaired) electrons. The number of ketones is 1. The maximum atomic E-state index is 12.8. The first kappa shape index (κ1) is 19.0. The van der Waals surface area contributed by atoms with Gasteiger partial charge in [0.2, 0.25) is 0 Å². The summed E-state index contributed by atoms with van der Waals surface area (Å²) in [5.74, 6) is 0.279. The highest BCUT2D eigenvalue weighted by atomic mass is 35.5. The number of Topliss-reactive ketones (excluding diaryl/α,β-unsaturated/α-hetero) is 1. The molecule has 0 aromatic carbocycles. The number of imidazole rings is 1. The van der Waals surface area contributed by atoms with E-state index in [9.17, 15) is 9.90 Å². The predicted octanol–water partition coefficient (Wildman–Crippen LogP) is 3.41. The van der Waals surface area contributed by atoms with E-state index in [0.717, 1.165) is 5.56 Å². The van der Waals surface area contributed by atoms with Crippen LogP contribution in [0, 0.1) is 6.92 Å². The van der Waals surface area contributed by atoms with E-state index in [2.05, 4.69) is 4.98 Å². The molecule has 0 fully saturated rings. The van der Waals surface area contributed by atoms with Gasteiger partial charge in [-0.1, -0.05) is 0 Å². The maximum Gasteiger partial charge on any atom is 0.182 e. The fourth-order valence-corrected chi connectivity index (χ4v) is 2.88. The van der Waals surface area contributed by atoms with Crippen LogP contribution < -0.4 is 4.74 Å². The molecule has 0 aliphatic heterocycles. The van der Waals surface area contributed by atoms with Crippen LogP contribution in [0.3, 0.4) is 0 Å². The molecule has 0 saturated heterocycles. The van der Waals surface area contributed by atoms with Gasteiger partial charge in [-0.15, -0.1) is 12.4 Å². The Balaban J connectivity index is 0.00000225. The van der Waals surface area contributed by atoms with Gasteiger partial charge >= 0.3 is 0 Å². The molecule has 25 heavy (non-hydrogen) atoms. The largest absolute Gasteiger partial charge is 0.490 e. The standard InChI is InChI=1S/C18H20N2O4.ClH/c1-3-24-16-5-4-7-20-17(12(2)19-18(16)20)15(22)9-14(10-21)13-6-8-23-11-13;/h4-8,11,14,21H,3,9-10H2,1-2H3;1H/t14-;/m0./s1. The van der Waals surface area contributed by atoms with Crippen molar-refractivity contribution in [1.82, 2.24) is 9.38 Å². The van der Waals surface area contributed by atoms with Crippen molar-refractivity contribution in [2.24, 2.45) is 0 Å². The van der Waals surface area contributed by atoms with Crippen molar-refractivity contribution in [1.29, 1.82) is 0 Å². The first-order valence-electron chi connectivity index (χ1n) is 7.92. The summed E-state index contributed by atoms with van der Waals surface area (Å²) in [6.07, 6.45) is 5.08. The van der Waals surface area contributed by atoms with Crippen molar-refractivity contribution in [3.05, 3.63) is 53.9 Å². The SMILES string of the molecule is CCOc1cccn2c(C(=O)C[C@@H](CO)c3ccoc3)c(C)nc12.Cl. The smallest absolute Gasteiger partial charge is 0.182 e. The van der Waals surface area contributed by atoms with Gasteiger partial charge in [-0.2, -0.15) is 0 Å². The number of furan rings is 1. The van der Waals surface area contributed by atoms with Gasteiger partial charge in [0.1, 0.15) is 5.69 Å². The van der Waals surface area contributed by atoms with Crippen molar-refractivity contribution in [2.75, 3.05) is 13.2 Å². The van der Waals surface area contributed by atoms with E-state index in [0.29, 0.717) is 29.4 Å². The molecular formula is C18H21ClN2O4. The van der Waals surface area contributed by atoms with Crippen LogP contribution in [-0.4, -0.2) is 33.5 Å². The molecule has 3 aromatic heterocycles. The van der Waals surface area contributed by atoms with Gasteiger partial charge in [0.15, 0.2) is 17.2 Å². The first-order chi connectivity index (χ1) is 11.7. The van der Waals surface area contributed by atoms with E-state index in [4.69, 9.17) is 9.15 Å². The van der Waals surface area contributed by atoms with Gasteiger partial charge < -0.3 is 14.3 Å². The molecule has 0 unspecified atom stereocenters. The lowest BCUT2D eigenvalue weighted by atomic mass is 9.95. The molecule has 134 valence electrons. The van der Waals surface area contributed by atoms with E-state index in [1.807, 2.05) is 26.0 Å². The third-order valence-electron chi connectivity index (χ3n) is 4.02. The number of hydrogen-bond acceptors (Lipinski definition) is 5. The van der Waals surface area contributed by atoms with Crippen molar-refractivity contribution in [3.63, 3.8) is 0 Å². The Hall–Kier alpha value is -2.31. The van der Waals surface area contributed by atoms with E-state index >= 15 is 0 Å². The van der Waals surface area contributed by atoms with E-state index in [1.54, 1.807) is 22.9 Å². The maximum absolute atomic E-state index is 12.8. The summed E-state index contributed by atoms with van der Waals surface area (Å²) in [6.45, 7) is 4.12. The number of fused-ring (bicyclic) bond motifs is 1. The molecule has 0 aliphatic rings. The summed E-state index contributed by atoms with van der Waals surface area (Å²) in [4.78, 5) is 17.3. The Labute approximate surface area is 151 Å². The molecule has 6 nitrogen and oxygen atoms in total. The van der Waals surface area contributed by atoms with Crippen LogP contribution in [0.5, 0.6) is 5.75 Å². The van der Waals surface area contributed by atoms with Crippen molar-refractivity contribution in [3.8, 4) is 5.75 Å². The lowest BCUT2D eigenvalue weighted by Gasteiger charge is -2.11. The Morgan fingerprint density at radius 3 is 2.88 bits per heavy atom. The van der Waals surface area contributed by atoms with Crippen molar-refractivity contribution < 1.29 is 19.1 Å².